The highest BCUT2D eigenvalue weighted by molar-refractivity contribution is 5.40. The van der Waals surface area contributed by atoms with Crippen LogP contribution in [-0.4, -0.2) is 6.10 Å². The number of hydrogen-bond acceptors (Lipinski definition) is 1. The number of quaternary nitrogens is 1. The van der Waals surface area contributed by atoms with Gasteiger partial charge in [0.2, 0.25) is 0 Å². The Balaban J connectivity index is 2.35. The summed E-state index contributed by atoms with van der Waals surface area (Å²) in [4.78, 5) is 0. The molecule has 1 aromatic rings. The maximum absolute atomic E-state index is 5.59. The Morgan fingerprint density at radius 3 is 3.17 bits per heavy atom. The second-order valence-corrected chi connectivity index (χ2v) is 3.32. The van der Waals surface area contributed by atoms with E-state index in [4.69, 9.17) is 4.74 Å². The molecule has 0 aliphatic carbocycles. The molecule has 1 atom stereocenters. The summed E-state index contributed by atoms with van der Waals surface area (Å²) in [6.45, 7) is 2.96. The van der Waals surface area contributed by atoms with Gasteiger partial charge in [-0.05, 0) is 30.7 Å². The molecule has 2 nitrogen and oxygen atoms in total. The summed E-state index contributed by atoms with van der Waals surface area (Å²) in [7, 11) is 0. The molecule has 12 heavy (non-hydrogen) atoms. The molecule has 1 aromatic carbocycles. The molecule has 0 spiro atoms. The van der Waals surface area contributed by atoms with Crippen LogP contribution in [0.4, 0.5) is 0 Å². The quantitative estimate of drug-likeness (QED) is 0.653. The molecule has 0 radical (unpaired) electrons. The first-order valence-electron chi connectivity index (χ1n) is 4.37. The number of rotatable bonds is 1. The first-order chi connectivity index (χ1) is 5.79. The van der Waals surface area contributed by atoms with Gasteiger partial charge in [0.15, 0.2) is 0 Å². The average molecular weight is 164 g/mol. The molecular formula is C10H14NO+. The second kappa shape index (κ2) is 2.79. The zero-order valence-electron chi connectivity index (χ0n) is 7.34. The van der Waals surface area contributed by atoms with Crippen molar-refractivity contribution >= 4 is 0 Å². The molecule has 1 aliphatic heterocycles. The molecule has 2 rings (SSSR count). The van der Waals surface area contributed by atoms with Crippen LogP contribution in [0.2, 0.25) is 0 Å². The zero-order valence-corrected chi connectivity index (χ0v) is 7.34. The second-order valence-electron chi connectivity index (χ2n) is 3.32. The Morgan fingerprint density at radius 2 is 2.42 bits per heavy atom. The lowest BCUT2D eigenvalue weighted by atomic mass is 10.1. The van der Waals surface area contributed by atoms with Gasteiger partial charge in [-0.15, -0.1) is 0 Å². The minimum Gasteiger partial charge on any atom is -0.490 e. The zero-order chi connectivity index (χ0) is 8.55. The van der Waals surface area contributed by atoms with E-state index in [1.54, 1.807) is 0 Å². The SMILES string of the molecule is C[C@@H]1Cc2cc(C[NH3+])ccc2O1. The molecule has 2 heteroatoms. The lowest BCUT2D eigenvalue weighted by Crippen LogP contribution is -2.47. The molecular weight excluding hydrogens is 150 g/mol. The van der Waals surface area contributed by atoms with E-state index in [0.717, 1.165) is 18.7 Å². The van der Waals surface area contributed by atoms with Crippen LogP contribution in [0.5, 0.6) is 5.75 Å². The highest BCUT2D eigenvalue weighted by Crippen LogP contribution is 2.28. The average Bonchev–Trinajstić information content (AvgIpc) is 2.43. The van der Waals surface area contributed by atoms with Crippen molar-refractivity contribution in [2.75, 3.05) is 0 Å². The van der Waals surface area contributed by atoms with Crippen molar-refractivity contribution in [3.05, 3.63) is 29.3 Å². The van der Waals surface area contributed by atoms with Gasteiger partial charge in [-0.2, -0.15) is 0 Å². The summed E-state index contributed by atoms with van der Waals surface area (Å²) in [5.41, 5.74) is 6.49. The summed E-state index contributed by atoms with van der Waals surface area (Å²) < 4.78 is 5.59. The lowest BCUT2D eigenvalue weighted by Gasteiger charge is -2.01. The van der Waals surface area contributed by atoms with Crippen molar-refractivity contribution < 1.29 is 10.5 Å². The van der Waals surface area contributed by atoms with Gasteiger partial charge in [-0.25, -0.2) is 0 Å². The number of benzene rings is 1. The normalized spacial score (nSPS) is 20.3. The molecule has 0 unspecified atom stereocenters. The molecule has 3 N–H and O–H groups in total. The van der Waals surface area contributed by atoms with Gasteiger partial charge < -0.3 is 10.5 Å². The van der Waals surface area contributed by atoms with E-state index in [2.05, 4.69) is 30.9 Å². The van der Waals surface area contributed by atoms with Crippen LogP contribution in [0.3, 0.4) is 0 Å². The van der Waals surface area contributed by atoms with Crippen molar-refractivity contribution in [3.8, 4) is 5.75 Å². The summed E-state index contributed by atoms with van der Waals surface area (Å²) in [6, 6.07) is 6.34. The third-order valence-corrected chi connectivity index (χ3v) is 2.25. The smallest absolute Gasteiger partial charge is 0.123 e. The minimum absolute atomic E-state index is 0.347. The van der Waals surface area contributed by atoms with E-state index in [-0.39, 0.29) is 0 Å². The Bertz CT molecular complexity index is 296. The van der Waals surface area contributed by atoms with Gasteiger partial charge in [0.1, 0.15) is 11.9 Å². The summed E-state index contributed by atoms with van der Waals surface area (Å²) in [5.74, 6) is 1.06. The van der Waals surface area contributed by atoms with Gasteiger partial charge in [0.05, 0.1) is 6.54 Å². The molecule has 0 amide bonds. The van der Waals surface area contributed by atoms with Crippen molar-refractivity contribution in [1.29, 1.82) is 0 Å². The predicted octanol–water partition coefficient (Wildman–Crippen LogP) is 0.752. The number of hydrogen-bond donors (Lipinski definition) is 1. The summed E-state index contributed by atoms with van der Waals surface area (Å²) >= 11 is 0. The molecule has 0 fully saturated rings. The highest BCUT2D eigenvalue weighted by atomic mass is 16.5. The maximum atomic E-state index is 5.59. The van der Waals surface area contributed by atoms with E-state index < -0.39 is 0 Å². The van der Waals surface area contributed by atoms with Gasteiger partial charge in [-0.1, -0.05) is 0 Å². The molecule has 0 saturated carbocycles. The standard InChI is InChI=1S/C10H13NO/c1-7-4-9-5-8(6-11)2-3-10(9)12-7/h2-3,5,7H,4,6,11H2,1H3/p+1/t7-/m1/s1. The predicted molar refractivity (Wildman–Crippen MR) is 46.8 cm³/mol. The van der Waals surface area contributed by atoms with Crippen molar-refractivity contribution in [1.82, 2.24) is 0 Å². The molecule has 1 heterocycles. The van der Waals surface area contributed by atoms with Crippen LogP contribution in [0, 0.1) is 0 Å². The van der Waals surface area contributed by atoms with Crippen molar-refractivity contribution in [2.24, 2.45) is 0 Å². The molecule has 0 bridgehead atoms. The van der Waals surface area contributed by atoms with Crippen LogP contribution >= 0.6 is 0 Å². The van der Waals surface area contributed by atoms with E-state index >= 15 is 0 Å². The molecule has 64 valence electrons. The van der Waals surface area contributed by atoms with Gasteiger partial charge in [-0.3, -0.25) is 0 Å². The Morgan fingerprint density at radius 1 is 1.58 bits per heavy atom. The van der Waals surface area contributed by atoms with Crippen LogP contribution in [0.15, 0.2) is 18.2 Å². The lowest BCUT2D eigenvalue weighted by molar-refractivity contribution is -0.386. The fourth-order valence-electron chi connectivity index (χ4n) is 1.63. The van der Waals surface area contributed by atoms with Crippen LogP contribution in [0.1, 0.15) is 18.1 Å². The number of fused-ring (bicyclic) bond motifs is 1. The van der Waals surface area contributed by atoms with E-state index in [0.29, 0.717) is 6.10 Å². The van der Waals surface area contributed by atoms with Gasteiger partial charge in [0.25, 0.3) is 0 Å². The summed E-state index contributed by atoms with van der Waals surface area (Å²) in [5, 5.41) is 0. The molecule has 0 aromatic heterocycles. The fraction of sp³-hybridized carbons (Fsp3) is 0.400. The molecule has 0 saturated heterocycles. The van der Waals surface area contributed by atoms with E-state index in [1.165, 1.54) is 11.1 Å². The number of ether oxygens (including phenoxy) is 1. The van der Waals surface area contributed by atoms with Crippen LogP contribution < -0.4 is 10.5 Å². The van der Waals surface area contributed by atoms with Crippen LogP contribution in [0.25, 0.3) is 0 Å². The van der Waals surface area contributed by atoms with Crippen LogP contribution in [-0.2, 0) is 13.0 Å². The minimum atomic E-state index is 0.347. The van der Waals surface area contributed by atoms with E-state index in [9.17, 15) is 0 Å². The topological polar surface area (TPSA) is 36.9 Å². The maximum Gasteiger partial charge on any atom is 0.123 e. The highest BCUT2D eigenvalue weighted by Gasteiger charge is 2.18. The van der Waals surface area contributed by atoms with Crippen molar-refractivity contribution in [2.45, 2.75) is 26.0 Å². The molecule has 1 aliphatic rings. The Kier molecular flexibility index (Phi) is 1.77. The Labute approximate surface area is 72.3 Å². The van der Waals surface area contributed by atoms with Gasteiger partial charge >= 0.3 is 0 Å². The third-order valence-electron chi connectivity index (χ3n) is 2.25. The summed E-state index contributed by atoms with van der Waals surface area (Å²) in [6.07, 6.45) is 1.39. The first-order valence-corrected chi connectivity index (χ1v) is 4.37. The monoisotopic (exact) mass is 164 g/mol. The largest absolute Gasteiger partial charge is 0.490 e. The van der Waals surface area contributed by atoms with Gasteiger partial charge in [0, 0.05) is 12.0 Å². The first kappa shape index (κ1) is 7.62. The van der Waals surface area contributed by atoms with Crippen molar-refractivity contribution in [3.63, 3.8) is 0 Å². The van der Waals surface area contributed by atoms with E-state index in [1.807, 2.05) is 0 Å². The fourth-order valence-corrected chi connectivity index (χ4v) is 1.63. The third kappa shape index (κ3) is 1.18. The Hall–Kier alpha value is -1.02.